The van der Waals surface area contributed by atoms with E-state index >= 15 is 0 Å². The van der Waals surface area contributed by atoms with Crippen LogP contribution in [-0.4, -0.2) is 0 Å². The molecule has 0 unspecified atom stereocenters. The highest BCUT2D eigenvalue weighted by Crippen LogP contribution is 2.14. The van der Waals surface area contributed by atoms with Crippen molar-refractivity contribution in [1.29, 1.82) is 0 Å². The van der Waals surface area contributed by atoms with E-state index in [9.17, 15) is 0 Å². The smallest absolute Gasteiger partial charge is 0.0616 e. The van der Waals surface area contributed by atoms with Crippen LogP contribution in [0.3, 0.4) is 0 Å². The first-order chi connectivity index (χ1) is 4.97. The number of hydrogen-bond donors (Lipinski definition) is 0. The van der Waals surface area contributed by atoms with Gasteiger partial charge in [-0.05, 0) is 11.5 Å². The molecule has 0 atom stereocenters. The second-order valence-corrected chi connectivity index (χ2v) is 2.97. The second kappa shape index (κ2) is 2.35. The van der Waals surface area contributed by atoms with Crippen LogP contribution in [0.5, 0.6) is 0 Å². The van der Waals surface area contributed by atoms with Crippen molar-refractivity contribution < 1.29 is 0 Å². The lowest BCUT2D eigenvalue weighted by Gasteiger charge is -1.86. The summed E-state index contributed by atoms with van der Waals surface area (Å²) in [6.45, 7) is 0. The Morgan fingerprint density at radius 2 is 1.70 bits per heavy atom. The van der Waals surface area contributed by atoms with Gasteiger partial charge in [-0.1, -0.05) is 18.2 Å². The molecule has 0 fully saturated rings. The Bertz CT molecular complexity index is 276. The van der Waals surface area contributed by atoms with E-state index in [-0.39, 0.29) is 0 Å². The quantitative estimate of drug-likeness (QED) is 0.502. The van der Waals surface area contributed by atoms with Crippen LogP contribution < -0.4 is 0 Å². The molecule has 0 nitrogen and oxygen atoms in total. The van der Waals surface area contributed by atoms with Crippen LogP contribution in [0.15, 0.2) is 41.1 Å². The van der Waals surface area contributed by atoms with Crippen molar-refractivity contribution in [3.05, 3.63) is 41.1 Å². The maximum atomic E-state index is 2.16. The van der Waals surface area contributed by atoms with Gasteiger partial charge < -0.3 is 0 Å². The fourth-order valence-electron chi connectivity index (χ4n) is 0.995. The van der Waals surface area contributed by atoms with Crippen LogP contribution >= 0.6 is 11.3 Å². The molecule has 1 heterocycles. The molecule has 2 aromatic rings. The monoisotopic (exact) mass is 147 g/mol. The number of hydrogen-bond acceptors (Lipinski definition) is 0. The first-order valence-electron chi connectivity index (χ1n) is 3.21. The summed E-state index contributed by atoms with van der Waals surface area (Å²) >= 11 is 1.73. The number of rotatable bonds is 0. The Kier molecular flexibility index (Phi) is 1.36. The molecule has 0 bridgehead atoms. The predicted octanol–water partition coefficient (Wildman–Crippen LogP) is 3.18. The zero-order valence-corrected chi connectivity index (χ0v) is 6.27. The zero-order chi connectivity index (χ0) is 6.81. The van der Waals surface area contributed by atoms with Gasteiger partial charge in [0.2, 0.25) is 16.7 Å². The highest BCUT2D eigenvalue weighted by molar-refractivity contribution is 7.08. The zero-order valence-electron chi connectivity index (χ0n) is 5.45. The lowest BCUT2D eigenvalue weighted by molar-refractivity contribution is 1.82. The van der Waals surface area contributed by atoms with Gasteiger partial charge in [-0.2, -0.15) is 0 Å². The third-order valence-corrected chi connectivity index (χ3v) is 2.20. The SMILES string of the molecule is c1ccc2c[s+]ccc2c1. The summed E-state index contributed by atoms with van der Waals surface area (Å²) in [6.07, 6.45) is 0. The maximum Gasteiger partial charge on any atom is 0.212 e. The third kappa shape index (κ3) is 0.888. The van der Waals surface area contributed by atoms with E-state index in [1.54, 1.807) is 11.3 Å². The molecular weight excluding hydrogens is 140 g/mol. The minimum atomic E-state index is 1.32. The van der Waals surface area contributed by atoms with Gasteiger partial charge in [-0.3, -0.25) is 0 Å². The summed E-state index contributed by atoms with van der Waals surface area (Å²) in [5.41, 5.74) is 0. The summed E-state index contributed by atoms with van der Waals surface area (Å²) < 4.78 is 0. The summed E-state index contributed by atoms with van der Waals surface area (Å²) in [7, 11) is 0. The molecule has 0 radical (unpaired) electrons. The van der Waals surface area contributed by atoms with Crippen LogP contribution in [-0.2, 0) is 0 Å². The minimum Gasteiger partial charge on any atom is -0.0616 e. The highest BCUT2D eigenvalue weighted by atomic mass is 32.1. The van der Waals surface area contributed by atoms with Crippen molar-refractivity contribution in [2.75, 3.05) is 0 Å². The van der Waals surface area contributed by atoms with Crippen LogP contribution in [0.25, 0.3) is 10.8 Å². The van der Waals surface area contributed by atoms with Gasteiger partial charge in [0.15, 0.2) is 5.38 Å². The fourth-order valence-corrected chi connectivity index (χ4v) is 1.66. The van der Waals surface area contributed by atoms with Crippen molar-refractivity contribution in [2.45, 2.75) is 0 Å². The predicted molar refractivity (Wildman–Crippen MR) is 46.2 cm³/mol. The minimum absolute atomic E-state index is 1.32. The molecular formula is C9H7S+. The average Bonchev–Trinajstić information content (AvgIpc) is 2.05. The molecule has 0 amide bonds. The molecule has 0 saturated carbocycles. The molecule has 1 aromatic carbocycles. The molecule has 0 spiro atoms. The molecule has 10 heavy (non-hydrogen) atoms. The fraction of sp³-hybridized carbons (Fsp3) is 0. The highest BCUT2D eigenvalue weighted by Gasteiger charge is 1.93. The normalized spacial score (nSPS) is 10.0. The molecule has 0 aliphatic rings. The van der Waals surface area contributed by atoms with Crippen molar-refractivity contribution in [3.8, 4) is 0 Å². The van der Waals surface area contributed by atoms with E-state index in [1.165, 1.54) is 10.8 Å². The average molecular weight is 147 g/mol. The second-order valence-electron chi connectivity index (χ2n) is 2.19. The van der Waals surface area contributed by atoms with E-state index in [0.717, 1.165) is 0 Å². The first-order valence-corrected chi connectivity index (χ1v) is 4.15. The summed E-state index contributed by atoms with van der Waals surface area (Å²) in [5.74, 6) is 0. The van der Waals surface area contributed by atoms with Crippen molar-refractivity contribution >= 4 is 22.1 Å². The van der Waals surface area contributed by atoms with Gasteiger partial charge in [-0.15, -0.1) is 0 Å². The van der Waals surface area contributed by atoms with Gasteiger partial charge in [-0.25, -0.2) is 0 Å². The standard InChI is InChI=1S/C9H7S/c1-2-4-9-7-10-6-5-8(9)3-1/h1-7H/q+1. The molecule has 2 rings (SSSR count). The van der Waals surface area contributed by atoms with E-state index in [1.807, 2.05) is 0 Å². The van der Waals surface area contributed by atoms with Gasteiger partial charge >= 0.3 is 0 Å². The van der Waals surface area contributed by atoms with Gasteiger partial charge in [0, 0.05) is 11.5 Å². The van der Waals surface area contributed by atoms with Crippen LogP contribution in [0, 0.1) is 0 Å². The van der Waals surface area contributed by atoms with Gasteiger partial charge in [0.25, 0.3) is 0 Å². The van der Waals surface area contributed by atoms with Crippen molar-refractivity contribution in [3.63, 3.8) is 0 Å². The van der Waals surface area contributed by atoms with Crippen LogP contribution in [0.1, 0.15) is 0 Å². The van der Waals surface area contributed by atoms with E-state index in [4.69, 9.17) is 0 Å². The van der Waals surface area contributed by atoms with Gasteiger partial charge in [0.05, 0.1) is 0 Å². The Labute approximate surface area is 63.8 Å². The number of fused-ring (bicyclic) bond motifs is 1. The van der Waals surface area contributed by atoms with E-state index in [2.05, 4.69) is 41.1 Å². The van der Waals surface area contributed by atoms with E-state index < -0.39 is 0 Å². The van der Waals surface area contributed by atoms with Crippen LogP contribution in [0.2, 0.25) is 0 Å². The van der Waals surface area contributed by atoms with Crippen molar-refractivity contribution in [1.82, 2.24) is 0 Å². The summed E-state index contributed by atoms with van der Waals surface area (Å²) in [5, 5.41) is 6.91. The van der Waals surface area contributed by atoms with E-state index in [0.29, 0.717) is 0 Å². The lowest BCUT2D eigenvalue weighted by atomic mass is 10.2. The molecule has 0 aliphatic carbocycles. The molecule has 1 aromatic heterocycles. The largest absolute Gasteiger partial charge is 0.212 e. The Balaban J connectivity index is 2.89. The lowest BCUT2D eigenvalue weighted by Crippen LogP contribution is -1.64. The Morgan fingerprint density at radius 1 is 0.900 bits per heavy atom. The summed E-state index contributed by atoms with van der Waals surface area (Å²) in [6, 6.07) is 10.5. The maximum absolute atomic E-state index is 2.16. The van der Waals surface area contributed by atoms with Gasteiger partial charge in [0.1, 0.15) is 0 Å². The first kappa shape index (κ1) is 5.81. The molecule has 0 N–H and O–H groups in total. The molecule has 1 heteroatoms. The van der Waals surface area contributed by atoms with Crippen molar-refractivity contribution in [2.24, 2.45) is 0 Å². The number of benzene rings is 1. The summed E-state index contributed by atoms with van der Waals surface area (Å²) in [4.78, 5) is 0. The molecule has 0 aliphatic heterocycles. The molecule has 48 valence electrons. The molecule has 0 saturated heterocycles. The van der Waals surface area contributed by atoms with Crippen LogP contribution in [0.4, 0.5) is 0 Å². The topological polar surface area (TPSA) is 0 Å². The Hall–Kier alpha value is -0.950. The third-order valence-electron chi connectivity index (χ3n) is 1.52. The Morgan fingerprint density at radius 3 is 2.50 bits per heavy atom.